The van der Waals surface area contributed by atoms with Crippen molar-refractivity contribution < 1.29 is 26.9 Å². The number of aryl methyl sites for hydroxylation is 1. The van der Waals surface area contributed by atoms with E-state index in [1.807, 2.05) is 0 Å². The van der Waals surface area contributed by atoms with E-state index in [1.165, 1.54) is 17.0 Å². The van der Waals surface area contributed by atoms with Gasteiger partial charge in [0.25, 0.3) is 0 Å². The summed E-state index contributed by atoms with van der Waals surface area (Å²) >= 11 is 0. The zero-order valence-electron chi connectivity index (χ0n) is 16.5. The summed E-state index contributed by atoms with van der Waals surface area (Å²) in [6.07, 6.45) is 0.994. The number of carbonyl (C=O) groups is 2. The fourth-order valence-corrected chi connectivity index (χ4v) is 4.26. The first-order valence-corrected chi connectivity index (χ1v) is 11.4. The lowest BCUT2D eigenvalue weighted by Crippen LogP contribution is -2.51. The first-order valence-electron chi connectivity index (χ1n) is 9.60. The number of sulfone groups is 1. The van der Waals surface area contributed by atoms with Gasteiger partial charge in [0.1, 0.15) is 11.9 Å². The third-order valence-corrected chi connectivity index (χ3v) is 6.38. The molecule has 1 unspecified atom stereocenters. The highest BCUT2D eigenvalue weighted by Gasteiger charge is 2.28. The standard InChI is InChI=1S/C19H23FN4O5S/c1-13(19(26)24-9-11-30(27,28)12-10-24)21-16(25)3-2-4-17-22-18(23-29-17)14-5-7-15(20)8-6-14/h5-8,13H,2-4,9-12H2,1H3,(H,21,25). The van der Waals surface area contributed by atoms with Crippen LogP contribution in [-0.4, -0.2) is 65.9 Å². The molecule has 1 saturated heterocycles. The Bertz CT molecular complexity index is 992. The van der Waals surface area contributed by atoms with Crippen molar-refractivity contribution in [2.24, 2.45) is 0 Å². The molecule has 2 amide bonds. The summed E-state index contributed by atoms with van der Waals surface area (Å²) in [7, 11) is -3.07. The van der Waals surface area contributed by atoms with Gasteiger partial charge in [0.2, 0.25) is 23.5 Å². The van der Waals surface area contributed by atoms with Gasteiger partial charge in [-0.05, 0) is 37.6 Å². The molecule has 9 nitrogen and oxygen atoms in total. The largest absolute Gasteiger partial charge is 0.345 e. The molecule has 1 aromatic carbocycles. The molecule has 0 saturated carbocycles. The number of carbonyl (C=O) groups excluding carboxylic acids is 2. The van der Waals surface area contributed by atoms with Gasteiger partial charge in [-0.2, -0.15) is 4.98 Å². The summed E-state index contributed by atoms with van der Waals surface area (Å²) in [5.74, 6) is -0.338. The van der Waals surface area contributed by atoms with Crippen LogP contribution in [-0.2, 0) is 25.8 Å². The Morgan fingerprint density at radius 2 is 1.90 bits per heavy atom. The minimum Gasteiger partial charge on any atom is -0.345 e. The summed E-state index contributed by atoms with van der Waals surface area (Å²) in [5.41, 5.74) is 0.627. The van der Waals surface area contributed by atoms with Crippen molar-refractivity contribution in [1.82, 2.24) is 20.4 Å². The summed E-state index contributed by atoms with van der Waals surface area (Å²) in [6, 6.07) is 4.98. The van der Waals surface area contributed by atoms with Gasteiger partial charge in [-0.15, -0.1) is 0 Å². The van der Waals surface area contributed by atoms with Crippen molar-refractivity contribution in [3.8, 4) is 11.4 Å². The Morgan fingerprint density at radius 3 is 2.57 bits per heavy atom. The molecule has 1 atom stereocenters. The number of hydrogen-bond donors (Lipinski definition) is 1. The Labute approximate surface area is 173 Å². The van der Waals surface area contributed by atoms with Crippen LogP contribution in [0.5, 0.6) is 0 Å². The maximum Gasteiger partial charge on any atom is 0.244 e. The second-order valence-electron chi connectivity index (χ2n) is 7.14. The van der Waals surface area contributed by atoms with Gasteiger partial charge in [0.05, 0.1) is 11.5 Å². The van der Waals surface area contributed by atoms with Crippen molar-refractivity contribution in [1.29, 1.82) is 0 Å². The van der Waals surface area contributed by atoms with Crippen molar-refractivity contribution in [3.63, 3.8) is 0 Å². The molecule has 0 bridgehead atoms. The monoisotopic (exact) mass is 438 g/mol. The fraction of sp³-hybridized carbons (Fsp3) is 0.474. The number of hydrogen-bond acceptors (Lipinski definition) is 7. The molecule has 30 heavy (non-hydrogen) atoms. The average Bonchev–Trinajstić information content (AvgIpc) is 3.17. The first-order chi connectivity index (χ1) is 14.2. The molecule has 1 aliphatic heterocycles. The van der Waals surface area contributed by atoms with Crippen LogP contribution < -0.4 is 5.32 Å². The van der Waals surface area contributed by atoms with E-state index in [9.17, 15) is 22.4 Å². The molecule has 2 heterocycles. The third-order valence-electron chi connectivity index (χ3n) is 4.77. The van der Waals surface area contributed by atoms with E-state index < -0.39 is 15.9 Å². The summed E-state index contributed by atoms with van der Waals surface area (Å²) in [4.78, 5) is 30.2. The minimum atomic E-state index is -3.07. The first kappa shape index (κ1) is 21.9. The van der Waals surface area contributed by atoms with Crippen molar-refractivity contribution in [3.05, 3.63) is 36.0 Å². The number of amides is 2. The van der Waals surface area contributed by atoms with Gasteiger partial charge < -0.3 is 14.7 Å². The molecule has 2 aromatic rings. The topological polar surface area (TPSA) is 122 Å². The van der Waals surface area contributed by atoms with Gasteiger partial charge >= 0.3 is 0 Å². The van der Waals surface area contributed by atoms with E-state index in [4.69, 9.17) is 4.52 Å². The van der Waals surface area contributed by atoms with Crippen LogP contribution in [0, 0.1) is 5.82 Å². The molecule has 1 N–H and O–H groups in total. The molecule has 0 spiro atoms. The van der Waals surface area contributed by atoms with Gasteiger partial charge in [-0.25, -0.2) is 12.8 Å². The number of nitrogens with one attached hydrogen (secondary N) is 1. The third kappa shape index (κ3) is 5.85. The van der Waals surface area contributed by atoms with E-state index >= 15 is 0 Å². The van der Waals surface area contributed by atoms with Gasteiger partial charge in [0.15, 0.2) is 9.84 Å². The van der Waals surface area contributed by atoms with Crippen molar-refractivity contribution >= 4 is 21.7 Å². The molecule has 1 aliphatic rings. The summed E-state index contributed by atoms with van der Waals surface area (Å²) in [5, 5.41) is 6.48. The van der Waals surface area contributed by atoms with Gasteiger partial charge in [-0.1, -0.05) is 5.16 Å². The predicted octanol–water partition coefficient (Wildman–Crippen LogP) is 0.960. The van der Waals surface area contributed by atoms with Crippen molar-refractivity contribution in [2.45, 2.75) is 32.2 Å². The fourth-order valence-electron chi connectivity index (χ4n) is 3.05. The van der Waals surface area contributed by atoms with Gasteiger partial charge in [0, 0.05) is 31.5 Å². The zero-order chi connectivity index (χ0) is 21.7. The molecule has 1 aromatic heterocycles. The van der Waals surface area contributed by atoms with Crippen LogP contribution >= 0.6 is 0 Å². The number of nitrogens with zero attached hydrogens (tertiary/aromatic N) is 3. The predicted molar refractivity (Wildman–Crippen MR) is 105 cm³/mol. The van der Waals surface area contributed by atoms with E-state index in [2.05, 4.69) is 15.5 Å². The normalized spacial score (nSPS) is 16.8. The van der Waals surface area contributed by atoms with Crippen LogP contribution in [0.15, 0.2) is 28.8 Å². The number of halogens is 1. The maximum absolute atomic E-state index is 13.0. The van der Waals surface area contributed by atoms with E-state index in [0.29, 0.717) is 30.1 Å². The molecule has 162 valence electrons. The number of rotatable bonds is 7. The van der Waals surface area contributed by atoms with E-state index in [1.54, 1.807) is 19.1 Å². The average molecular weight is 438 g/mol. The number of benzene rings is 1. The quantitative estimate of drug-likeness (QED) is 0.683. The van der Waals surface area contributed by atoms with Crippen LogP contribution in [0.25, 0.3) is 11.4 Å². The lowest BCUT2D eigenvalue weighted by atomic mass is 10.2. The van der Waals surface area contributed by atoms with Crippen LogP contribution in [0.3, 0.4) is 0 Å². The smallest absolute Gasteiger partial charge is 0.244 e. The highest BCUT2D eigenvalue weighted by atomic mass is 32.2. The Kier molecular flexibility index (Phi) is 6.80. The Balaban J connectivity index is 1.41. The minimum absolute atomic E-state index is 0.0521. The summed E-state index contributed by atoms with van der Waals surface area (Å²) < 4.78 is 41.0. The zero-order valence-corrected chi connectivity index (χ0v) is 17.3. The molecular formula is C19H23FN4O5S. The van der Waals surface area contributed by atoms with Gasteiger partial charge in [-0.3, -0.25) is 9.59 Å². The van der Waals surface area contributed by atoms with E-state index in [-0.39, 0.29) is 48.6 Å². The Morgan fingerprint density at radius 1 is 1.23 bits per heavy atom. The SMILES string of the molecule is CC(NC(=O)CCCc1nc(-c2ccc(F)cc2)no1)C(=O)N1CCS(=O)(=O)CC1. The number of aromatic nitrogens is 2. The Hall–Kier alpha value is -2.82. The second kappa shape index (κ2) is 9.33. The highest BCUT2D eigenvalue weighted by Crippen LogP contribution is 2.17. The van der Waals surface area contributed by atoms with Crippen molar-refractivity contribution in [2.75, 3.05) is 24.6 Å². The second-order valence-corrected chi connectivity index (χ2v) is 9.44. The van der Waals surface area contributed by atoms with Crippen LogP contribution in [0.2, 0.25) is 0 Å². The highest BCUT2D eigenvalue weighted by molar-refractivity contribution is 7.91. The molecule has 1 fully saturated rings. The van der Waals surface area contributed by atoms with Crippen LogP contribution in [0.4, 0.5) is 4.39 Å². The lowest BCUT2D eigenvalue weighted by Gasteiger charge is -2.29. The molecule has 3 rings (SSSR count). The summed E-state index contributed by atoms with van der Waals surface area (Å²) in [6.45, 7) is 1.88. The van der Waals surface area contributed by atoms with E-state index in [0.717, 1.165) is 0 Å². The van der Waals surface area contributed by atoms with Crippen LogP contribution in [0.1, 0.15) is 25.7 Å². The molecular weight excluding hydrogens is 415 g/mol. The molecule has 11 heteroatoms. The maximum atomic E-state index is 13.0. The lowest BCUT2D eigenvalue weighted by molar-refractivity contribution is -0.135. The molecule has 0 radical (unpaired) electrons. The molecule has 0 aliphatic carbocycles.